The molecule has 1 heterocycles. The molecule has 0 aromatic heterocycles. The van der Waals surface area contributed by atoms with Crippen molar-refractivity contribution in [2.24, 2.45) is 34.5 Å². The number of carbonyl (C=O) groups excluding carboxylic acids is 3. The summed E-state index contributed by atoms with van der Waals surface area (Å²) in [5.41, 5.74) is 2.39. The molecular formula is C41H53NO9. The second kappa shape index (κ2) is 13.9. The minimum atomic E-state index is -0.324. The van der Waals surface area contributed by atoms with Crippen molar-refractivity contribution in [2.45, 2.75) is 103 Å². The van der Waals surface area contributed by atoms with Crippen LogP contribution in [0.1, 0.15) is 89.2 Å². The van der Waals surface area contributed by atoms with E-state index in [9.17, 15) is 14.4 Å². The third-order valence-corrected chi connectivity index (χ3v) is 12.4. The van der Waals surface area contributed by atoms with Crippen LogP contribution in [-0.4, -0.2) is 57.6 Å². The molecule has 6 aliphatic rings. The molecule has 4 bridgehead atoms. The number of cyclic esters (lactones) is 1. The van der Waals surface area contributed by atoms with E-state index in [2.05, 4.69) is 19.2 Å². The highest BCUT2D eigenvalue weighted by Crippen LogP contribution is 2.66. The van der Waals surface area contributed by atoms with Crippen LogP contribution >= 0.6 is 0 Å². The van der Waals surface area contributed by atoms with Gasteiger partial charge < -0.3 is 33.7 Å². The summed E-state index contributed by atoms with van der Waals surface area (Å²) in [6.45, 7) is 5.14. The van der Waals surface area contributed by atoms with Gasteiger partial charge in [-0.1, -0.05) is 26.0 Å². The first-order chi connectivity index (χ1) is 24.4. The number of nitrogens with one attached hydrogen (secondary N) is 1. The van der Waals surface area contributed by atoms with Crippen molar-refractivity contribution in [3.05, 3.63) is 47.5 Å². The average molecular weight is 704 g/mol. The lowest BCUT2D eigenvalue weighted by Gasteiger charge is -2.65. The molecule has 0 spiro atoms. The highest BCUT2D eigenvalue weighted by Gasteiger charge is 2.60. The van der Waals surface area contributed by atoms with Crippen LogP contribution in [0, 0.1) is 34.5 Å². The van der Waals surface area contributed by atoms with E-state index in [4.69, 9.17) is 28.4 Å². The van der Waals surface area contributed by atoms with Crippen molar-refractivity contribution in [1.82, 2.24) is 5.32 Å². The normalized spacial score (nSPS) is 33.7. The highest BCUT2D eigenvalue weighted by molar-refractivity contribution is 5.77. The summed E-state index contributed by atoms with van der Waals surface area (Å²) < 4.78 is 33.7. The van der Waals surface area contributed by atoms with Gasteiger partial charge in [0.25, 0.3) is 0 Å². The van der Waals surface area contributed by atoms with Crippen LogP contribution in [0.3, 0.4) is 0 Å². The number of amides is 1. The lowest BCUT2D eigenvalue weighted by Crippen LogP contribution is -2.65. The Bertz CT molecular complexity index is 1630. The number of rotatable bonds is 11. The van der Waals surface area contributed by atoms with E-state index < -0.39 is 0 Å². The minimum absolute atomic E-state index is 0.00621. The Morgan fingerprint density at radius 3 is 2.02 bits per heavy atom. The van der Waals surface area contributed by atoms with E-state index in [0.717, 1.165) is 30.4 Å². The molecule has 1 aliphatic heterocycles. The van der Waals surface area contributed by atoms with Gasteiger partial charge in [-0.3, -0.25) is 9.59 Å². The number of hydrogen-bond acceptors (Lipinski definition) is 9. The second-order valence-corrected chi connectivity index (χ2v) is 16.9. The fourth-order valence-corrected chi connectivity index (χ4v) is 11.1. The molecule has 51 heavy (non-hydrogen) atoms. The van der Waals surface area contributed by atoms with Crippen LogP contribution in [0.5, 0.6) is 23.0 Å². The summed E-state index contributed by atoms with van der Waals surface area (Å²) in [4.78, 5) is 39.2. The summed E-state index contributed by atoms with van der Waals surface area (Å²) in [5.74, 6) is 1.62. The van der Waals surface area contributed by atoms with Gasteiger partial charge in [0.1, 0.15) is 6.10 Å². The fraction of sp³-hybridized carbons (Fsp3) is 0.634. The van der Waals surface area contributed by atoms with Crippen molar-refractivity contribution in [3.8, 4) is 23.0 Å². The first kappa shape index (κ1) is 35.5. The first-order valence-corrected chi connectivity index (χ1v) is 18.6. The Kier molecular flexibility index (Phi) is 9.65. The molecule has 8 rings (SSSR count). The molecule has 2 aromatic carbocycles. The topological polar surface area (TPSA) is 119 Å². The maximum Gasteiger partial charge on any atom is 0.407 e. The molecule has 4 atom stereocenters. The zero-order valence-corrected chi connectivity index (χ0v) is 30.7. The lowest BCUT2D eigenvalue weighted by molar-refractivity contribution is -0.141. The fourth-order valence-electron chi connectivity index (χ4n) is 11.1. The first-order valence-electron chi connectivity index (χ1n) is 18.6. The van der Waals surface area contributed by atoms with Crippen LogP contribution in [-0.2, 0) is 31.9 Å². The number of alkyl carbamates (subject to hydrolysis) is 1. The molecule has 5 saturated carbocycles. The molecule has 276 valence electrons. The standard InChI is InChI=1S/C41H53NO9/c1-39-18-27-19-40(2,22-39)24-41(20-27,23-39)42-38(45)50-30-10-8-28(9-11-30)36(43)51-33-13-7-26(17-35(33)48-5)15-31-29(21-49-37(31)44)14-25-6-12-32(46-3)34(16-25)47-4/h6-7,12-13,16-17,27-31H,8-11,14-15,18-24H2,1-5H3,(H,42,45)/t27?,28?,29-,30?,31+,39?,40?,41?/m0/s1. The number of benzene rings is 2. The molecule has 10 heteroatoms. The van der Waals surface area contributed by atoms with Gasteiger partial charge in [-0.25, -0.2) is 4.79 Å². The minimum Gasteiger partial charge on any atom is -0.493 e. The van der Waals surface area contributed by atoms with Crippen LogP contribution in [0.15, 0.2) is 36.4 Å². The van der Waals surface area contributed by atoms with E-state index in [1.165, 1.54) is 26.4 Å². The Morgan fingerprint density at radius 1 is 0.784 bits per heavy atom. The van der Waals surface area contributed by atoms with Crippen LogP contribution < -0.4 is 24.3 Å². The van der Waals surface area contributed by atoms with Crippen molar-refractivity contribution >= 4 is 18.0 Å². The molecule has 2 aromatic rings. The molecule has 1 N–H and O–H groups in total. The lowest BCUT2D eigenvalue weighted by atomic mass is 9.43. The number of methoxy groups -OCH3 is 3. The Labute approximate surface area is 301 Å². The number of ether oxygens (including phenoxy) is 6. The van der Waals surface area contributed by atoms with Gasteiger partial charge in [-0.2, -0.15) is 0 Å². The number of carbonyl (C=O) groups is 3. The third kappa shape index (κ3) is 7.51. The van der Waals surface area contributed by atoms with E-state index in [1.807, 2.05) is 30.3 Å². The predicted octanol–water partition coefficient (Wildman–Crippen LogP) is 7.23. The van der Waals surface area contributed by atoms with Crippen molar-refractivity contribution in [2.75, 3.05) is 27.9 Å². The highest BCUT2D eigenvalue weighted by atomic mass is 16.6. The van der Waals surface area contributed by atoms with Gasteiger partial charge >= 0.3 is 18.0 Å². The van der Waals surface area contributed by atoms with Crippen LogP contribution in [0.25, 0.3) is 0 Å². The Morgan fingerprint density at radius 2 is 1.39 bits per heavy atom. The molecule has 10 nitrogen and oxygen atoms in total. The van der Waals surface area contributed by atoms with Gasteiger partial charge in [0.2, 0.25) is 0 Å². The average Bonchev–Trinajstić information content (AvgIpc) is 3.41. The van der Waals surface area contributed by atoms with Crippen LogP contribution in [0.2, 0.25) is 0 Å². The molecule has 1 amide bonds. The summed E-state index contributed by atoms with van der Waals surface area (Å²) in [6, 6.07) is 11.2. The predicted molar refractivity (Wildman–Crippen MR) is 189 cm³/mol. The summed E-state index contributed by atoms with van der Waals surface area (Å²) >= 11 is 0. The molecule has 5 aliphatic carbocycles. The van der Waals surface area contributed by atoms with Gasteiger partial charge in [-0.05, 0) is 129 Å². The zero-order chi connectivity index (χ0) is 36.0. The van der Waals surface area contributed by atoms with Crippen molar-refractivity contribution < 1.29 is 42.8 Å². The smallest absolute Gasteiger partial charge is 0.407 e. The van der Waals surface area contributed by atoms with Gasteiger partial charge in [-0.15, -0.1) is 0 Å². The van der Waals surface area contributed by atoms with Crippen LogP contribution in [0.4, 0.5) is 4.79 Å². The number of esters is 2. The van der Waals surface area contributed by atoms with E-state index in [-0.39, 0.29) is 47.4 Å². The molecule has 0 radical (unpaired) electrons. The third-order valence-electron chi connectivity index (χ3n) is 12.4. The van der Waals surface area contributed by atoms with Crippen molar-refractivity contribution in [3.63, 3.8) is 0 Å². The zero-order valence-electron chi connectivity index (χ0n) is 30.7. The monoisotopic (exact) mass is 703 g/mol. The summed E-state index contributed by atoms with van der Waals surface area (Å²) in [6.07, 6.45) is 9.98. The molecule has 6 fully saturated rings. The van der Waals surface area contributed by atoms with Gasteiger partial charge in [0.05, 0.1) is 39.8 Å². The molecular weight excluding hydrogens is 650 g/mol. The maximum absolute atomic E-state index is 13.3. The van der Waals surface area contributed by atoms with E-state index in [1.54, 1.807) is 20.3 Å². The summed E-state index contributed by atoms with van der Waals surface area (Å²) in [5, 5.41) is 3.35. The molecule has 2 unspecified atom stereocenters. The van der Waals surface area contributed by atoms with Crippen molar-refractivity contribution in [1.29, 1.82) is 0 Å². The van der Waals surface area contributed by atoms with Gasteiger partial charge in [0, 0.05) is 11.5 Å². The quantitative estimate of drug-likeness (QED) is 0.191. The summed E-state index contributed by atoms with van der Waals surface area (Å²) in [7, 11) is 4.74. The maximum atomic E-state index is 13.3. The SMILES string of the molecule is COc1ccc(C[C@H]2COC(=O)[C@@H]2Cc2ccc(OC(=O)C3CCC(OC(=O)NC45CC6CC(C)(CC(C)(C6)C4)C5)CC3)c(OC)c2)cc1OC. The second-order valence-electron chi connectivity index (χ2n) is 16.9. The van der Waals surface area contributed by atoms with Gasteiger partial charge in [0.15, 0.2) is 23.0 Å². The Balaban J connectivity index is 0.905. The van der Waals surface area contributed by atoms with E-state index >= 15 is 0 Å². The molecule has 1 saturated heterocycles. The van der Waals surface area contributed by atoms with E-state index in [0.29, 0.717) is 84.9 Å². The number of hydrogen-bond donors (Lipinski definition) is 1. The Hall–Kier alpha value is -3.95. The largest absolute Gasteiger partial charge is 0.493 e.